The van der Waals surface area contributed by atoms with E-state index in [2.05, 4.69) is 38.3 Å². The summed E-state index contributed by atoms with van der Waals surface area (Å²) in [5, 5.41) is 0. The number of fused-ring (bicyclic) bond motifs is 1. The van der Waals surface area contributed by atoms with Crippen LogP contribution in [0.1, 0.15) is 52.4 Å². The van der Waals surface area contributed by atoms with Crippen LogP contribution in [0.5, 0.6) is 0 Å². The van der Waals surface area contributed by atoms with Crippen molar-refractivity contribution < 1.29 is 0 Å². The molecule has 3 rings (SSSR count). The third-order valence-corrected chi connectivity index (χ3v) is 4.13. The fourth-order valence-corrected chi connectivity index (χ4v) is 2.97. The number of aromatic nitrogens is 2. The van der Waals surface area contributed by atoms with E-state index in [1.807, 2.05) is 12.1 Å². The summed E-state index contributed by atoms with van der Waals surface area (Å²) in [5.41, 5.74) is 9.01. The van der Waals surface area contributed by atoms with Gasteiger partial charge >= 0.3 is 0 Å². The maximum Gasteiger partial charge on any atom is 0.115 e. The van der Waals surface area contributed by atoms with Gasteiger partial charge in [0.2, 0.25) is 0 Å². The SMILES string of the molecule is CCC1CC1n1c(C(C)(C)C)nc2cc(N)ccc21. The molecule has 1 saturated carbocycles. The highest BCUT2D eigenvalue weighted by molar-refractivity contribution is 5.80. The lowest BCUT2D eigenvalue weighted by atomic mass is 9.95. The fraction of sp³-hybridized carbons (Fsp3) is 0.562. The summed E-state index contributed by atoms with van der Waals surface area (Å²) in [6.45, 7) is 8.98. The third-order valence-electron chi connectivity index (χ3n) is 4.13. The molecule has 0 bridgehead atoms. The van der Waals surface area contributed by atoms with Crippen molar-refractivity contribution in [2.24, 2.45) is 5.92 Å². The topological polar surface area (TPSA) is 43.8 Å². The van der Waals surface area contributed by atoms with Crippen molar-refractivity contribution in [1.82, 2.24) is 9.55 Å². The van der Waals surface area contributed by atoms with E-state index in [1.54, 1.807) is 0 Å². The highest BCUT2D eigenvalue weighted by atomic mass is 15.1. The molecule has 3 nitrogen and oxygen atoms in total. The molecular formula is C16H23N3. The average Bonchev–Trinajstić information content (AvgIpc) is 3.00. The van der Waals surface area contributed by atoms with Crippen LogP contribution < -0.4 is 5.73 Å². The van der Waals surface area contributed by atoms with Gasteiger partial charge in [0.1, 0.15) is 5.82 Å². The molecule has 1 aromatic heterocycles. The van der Waals surface area contributed by atoms with E-state index in [0.29, 0.717) is 6.04 Å². The molecule has 2 unspecified atom stereocenters. The molecular weight excluding hydrogens is 234 g/mol. The maximum absolute atomic E-state index is 5.89. The van der Waals surface area contributed by atoms with E-state index in [-0.39, 0.29) is 5.41 Å². The predicted molar refractivity (Wildman–Crippen MR) is 80.3 cm³/mol. The van der Waals surface area contributed by atoms with E-state index < -0.39 is 0 Å². The molecule has 1 aromatic carbocycles. The molecule has 1 aliphatic carbocycles. The van der Waals surface area contributed by atoms with E-state index >= 15 is 0 Å². The van der Waals surface area contributed by atoms with Crippen molar-refractivity contribution >= 4 is 16.7 Å². The summed E-state index contributed by atoms with van der Waals surface area (Å²) in [5.74, 6) is 2.00. The summed E-state index contributed by atoms with van der Waals surface area (Å²) < 4.78 is 2.46. The molecule has 102 valence electrons. The Hall–Kier alpha value is -1.51. The number of hydrogen-bond donors (Lipinski definition) is 1. The molecule has 3 heteroatoms. The van der Waals surface area contributed by atoms with Gasteiger partial charge in [-0.1, -0.05) is 34.1 Å². The number of nitrogens with zero attached hydrogens (tertiary/aromatic N) is 2. The standard InChI is InChI=1S/C16H23N3/c1-5-10-8-14(10)19-13-7-6-11(17)9-12(13)18-15(19)16(2,3)4/h6-7,9-10,14H,5,8,17H2,1-4H3. The van der Waals surface area contributed by atoms with Crippen LogP contribution in [0.2, 0.25) is 0 Å². The van der Waals surface area contributed by atoms with Gasteiger partial charge in [0, 0.05) is 17.1 Å². The monoisotopic (exact) mass is 257 g/mol. The Morgan fingerprint density at radius 3 is 2.68 bits per heavy atom. The van der Waals surface area contributed by atoms with Crippen molar-refractivity contribution in [3.05, 3.63) is 24.0 Å². The first-order chi connectivity index (χ1) is 8.91. The zero-order chi connectivity index (χ0) is 13.8. The second-order valence-corrected chi connectivity index (χ2v) is 6.77. The number of imidazole rings is 1. The van der Waals surface area contributed by atoms with Gasteiger partial charge in [0.05, 0.1) is 11.0 Å². The molecule has 0 aliphatic heterocycles. The van der Waals surface area contributed by atoms with E-state index in [1.165, 1.54) is 24.2 Å². The van der Waals surface area contributed by atoms with Gasteiger partial charge in [-0.15, -0.1) is 0 Å². The van der Waals surface area contributed by atoms with Gasteiger partial charge in [0.25, 0.3) is 0 Å². The molecule has 2 atom stereocenters. The Morgan fingerprint density at radius 1 is 1.37 bits per heavy atom. The van der Waals surface area contributed by atoms with Gasteiger partial charge in [-0.25, -0.2) is 4.98 Å². The van der Waals surface area contributed by atoms with Gasteiger partial charge in [-0.3, -0.25) is 0 Å². The zero-order valence-corrected chi connectivity index (χ0v) is 12.3. The number of rotatable bonds is 2. The highest BCUT2D eigenvalue weighted by Crippen LogP contribution is 2.48. The average molecular weight is 257 g/mol. The number of nitrogen functional groups attached to an aromatic ring is 1. The van der Waals surface area contributed by atoms with Crippen LogP contribution in [-0.2, 0) is 5.41 Å². The second kappa shape index (κ2) is 3.99. The van der Waals surface area contributed by atoms with Gasteiger partial charge in [-0.05, 0) is 30.5 Å². The molecule has 1 heterocycles. The Balaban J connectivity index is 2.21. The van der Waals surface area contributed by atoms with Crippen LogP contribution in [0.4, 0.5) is 5.69 Å². The Labute approximate surface area is 114 Å². The second-order valence-electron chi connectivity index (χ2n) is 6.77. The smallest absolute Gasteiger partial charge is 0.115 e. The number of nitrogens with two attached hydrogens (primary N) is 1. The Bertz CT molecular complexity index is 619. The van der Waals surface area contributed by atoms with Gasteiger partial charge < -0.3 is 10.3 Å². The summed E-state index contributed by atoms with van der Waals surface area (Å²) in [7, 11) is 0. The number of benzene rings is 1. The molecule has 1 aliphatic rings. The quantitative estimate of drug-likeness (QED) is 0.829. The third kappa shape index (κ3) is 2.01. The first-order valence-electron chi connectivity index (χ1n) is 7.19. The van der Waals surface area contributed by atoms with Crippen molar-refractivity contribution in [3.63, 3.8) is 0 Å². The predicted octanol–water partition coefficient (Wildman–Crippen LogP) is 3.89. The molecule has 19 heavy (non-hydrogen) atoms. The lowest BCUT2D eigenvalue weighted by molar-refractivity contribution is 0.496. The van der Waals surface area contributed by atoms with Crippen molar-refractivity contribution in [2.75, 3.05) is 5.73 Å². The van der Waals surface area contributed by atoms with Crippen LogP contribution >= 0.6 is 0 Å². The van der Waals surface area contributed by atoms with E-state index in [4.69, 9.17) is 10.7 Å². The first kappa shape index (κ1) is 12.5. The van der Waals surface area contributed by atoms with Gasteiger partial charge in [-0.2, -0.15) is 0 Å². The first-order valence-corrected chi connectivity index (χ1v) is 7.19. The maximum atomic E-state index is 5.89. The minimum absolute atomic E-state index is 0.0642. The minimum atomic E-state index is 0.0642. The molecule has 2 N–H and O–H groups in total. The number of hydrogen-bond acceptors (Lipinski definition) is 2. The summed E-state index contributed by atoms with van der Waals surface area (Å²) in [6.07, 6.45) is 2.54. The van der Waals surface area contributed by atoms with Crippen LogP contribution in [0.25, 0.3) is 11.0 Å². The molecule has 0 saturated heterocycles. The summed E-state index contributed by atoms with van der Waals surface area (Å²) in [4.78, 5) is 4.86. The Morgan fingerprint density at radius 2 is 2.11 bits per heavy atom. The van der Waals surface area contributed by atoms with Crippen LogP contribution in [0.3, 0.4) is 0 Å². The fourth-order valence-electron chi connectivity index (χ4n) is 2.97. The molecule has 1 fully saturated rings. The molecule has 0 amide bonds. The highest BCUT2D eigenvalue weighted by Gasteiger charge is 2.40. The lowest BCUT2D eigenvalue weighted by Gasteiger charge is -2.20. The van der Waals surface area contributed by atoms with E-state index in [0.717, 1.165) is 17.1 Å². The summed E-state index contributed by atoms with van der Waals surface area (Å²) in [6, 6.07) is 6.73. The van der Waals surface area contributed by atoms with Crippen LogP contribution in [-0.4, -0.2) is 9.55 Å². The normalized spacial score (nSPS) is 22.9. The minimum Gasteiger partial charge on any atom is -0.399 e. The lowest BCUT2D eigenvalue weighted by Crippen LogP contribution is -2.19. The van der Waals surface area contributed by atoms with Crippen LogP contribution in [0.15, 0.2) is 18.2 Å². The van der Waals surface area contributed by atoms with E-state index in [9.17, 15) is 0 Å². The van der Waals surface area contributed by atoms with Crippen molar-refractivity contribution in [1.29, 1.82) is 0 Å². The van der Waals surface area contributed by atoms with Gasteiger partial charge in [0.15, 0.2) is 0 Å². The Kier molecular flexibility index (Phi) is 2.63. The zero-order valence-electron chi connectivity index (χ0n) is 12.3. The van der Waals surface area contributed by atoms with Crippen molar-refractivity contribution in [2.45, 2.75) is 52.0 Å². The molecule has 0 radical (unpaired) electrons. The largest absolute Gasteiger partial charge is 0.399 e. The summed E-state index contributed by atoms with van der Waals surface area (Å²) >= 11 is 0. The van der Waals surface area contributed by atoms with Crippen molar-refractivity contribution in [3.8, 4) is 0 Å². The molecule has 0 spiro atoms. The molecule has 2 aromatic rings. The number of anilines is 1. The van der Waals surface area contributed by atoms with Crippen LogP contribution in [0, 0.1) is 5.92 Å².